The molecule has 6 heteroatoms. The largest absolute Gasteiger partial charge is 0.481 e. The number of hydrogen-bond donors (Lipinski definition) is 1. The molecule has 1 unspecified atom stereocenters. The molecule has 0 amide bonds. The number of rotatable bonds is 5. The number of nitrogens with zero attached hydrogens (tertiary/aromatic N) is 3. The third kappa shape index (κ3) is 3.14. The van der Waals surface area contributed by atoms with Crippen LogP contribution < -0.4 is 0 Å². The predicted molar refractivity (Wildman–Crippen MR) is 109 cm³/mol. The molecule has 0 aliphatic carbocycles. The van der Waals surface area contributed by atoms with Gasteiger partial charge >= 0.3 is 5.97 Å². The SMILES string of the molecule is CC(Cc1ccccc1)(C(=O)O)c1ccnc2c(-c3ccc(Cl)cc3)cnn12. The molecule has 0 saturated heterocycles. The molecular weight excluding hydrogens is 374 g/mol. The topological polar surface area (TPSA) is 67.5 Å². The molecule has 0 bridgehead atoms. The number of benzene rings is 2. The highest BCUT2D eigenvalue weighted by Crippen LogP contribution is 2.31. The van der Waals surface area contributed by atoms with Crippen LogP contribution in [-0.4, -0.2) is 25.7 Å². The van der Waals surface area contributed by atoms with Gasteiger partial charge < -0.3 is 5.11 Å². The summed E-state index contributed by atoms with van der Waals surface area (Å²) in [6.07, 6.45) is 3.69. The van der Waals surface area contributed by atoms with E-state index in [0.29, 0.717) is 22.8 Å². The Kier molecular flexibility index (Phi) is 4.61. The first-order valence-corrected chi connectivity index (χ1v) is 9.23. The molecule has 2 aromatic heterocycles. The highest BCUT2D eigenvalue weighted by atomic mass is 35.5. The fourth-order valence-corrected chi connectivity index (χ4v) is 3.55. The van der Waals surface area contributed by atoms with Crippen LogP contribution in [0.3, 0.4) is 0 Å². The van der Waals surface area contributed by atoms with Crippen molar-refractivity contribution in [2.24, 2.45) is 0 Å². The Balaban J connectivity index is 1.85. The molecule has 0 spiro atoms. The van der Waals surface area contributed by atoms with Crippen molar-refractivity contribution in [3.05, 3.63) is 89.3 Å². The van der Waals surface area contributed by atoms with Gasteiger partial charge in [-0.15, -0.1) is 0 Å². The number of aromatic nitrogens is 3. The zero-order chi connectivity index (χ0) is 19.7. The summed E-state index contributed by atoms with van der Waals surface area (Å²) in [6.45, 7) is 1.72. The number of hydrogen-bond acceptors (Lipinski definition) is 3. The van der Waals surface area contributed by atoms with Crippen LogP contribution in [0.25, 0.3) is 16.8 Å². The maximum absolute atomic E-state index is 12.3. The van der Waals surface area contributed by atoms with E-state index in [0.717, 1.165) is 16.7 Å². The smallest absolute Gasteiger partial charge is 0.315 e. The first-order chi connectivity index (χ1) is 13.5. The van der Waals surface area contributed by atoms with Crippen LogP contribution >= 0.6 is 11.6 Å². The molecule has 4 aromatic rings. The van der Waals surface area contributed by atoms with Crippen LogP contribution in [0.5, 0.6) is 0 Å². The Hall–Kier alpha value is -3.18. The molecule has 140 valence electrons. The predicted octanol–water partition coefficient (Wildman–Crippen LogP) is 4.63. The second kappa shape index (κ2) is 7.09. The van der Waals surface area contributed by atoms with Gasteiger partial charge in [-0.1, -0.05) is 54.1 Å². The van der Waals surface area contributed by atoms with Crippen molar-refractivity contribution >= 4 is 23.2 Å². The van der Waals surface area contributed by atoms with Gasteiger partial charge in [0, 0.05) is 16.8 Å². The maximum Gasteiger partial charge on any atom is 0.315 e. The second-order valence-electron chi connectivity index (χ2n) is 6.93. The first-order valence-electron chi connectivity index (χ1n) is 8.85. The molecule has 2 heterocycles. The quantitative estimate of drug-likeness (QED) is 0.538. The standard InChI is InChI=1S/C22H18ClN3O2/c1-22(21(27)28,13-15-5-3-2-4-6-15)19-11-12-24-20-18(14-25-26(19)20)16-7-9-17(23)10-8-16/h2-12,14H,13H2,1H3,(H,27,28). The molecule has 0 aliphatic rings. The van der Waals surface area contributed by atoms with E-state index in [9.17, 15) is 9.90 Å². The molecule has 0 saturated carbocycles. The molecule has 5 nitrogen and oxygen atoms in total. The Morgan fingerprint density at radius 1 is 1.11 bits per heavy atom. The van der Waals surface area contributed by atoms with Crippen LogP contribution in [0.4, 0.5) is 0 Å². The molecule has 4 rings (SSSR count). The summed E-state index contributed by atoms with van der Waals surface area (Å²) < 4.78 is 1.63. The molecule has 28 heavy (non-hydrogen) atoms. The summed E-state index contributed by atoms with van der Waals surface area (Å²) in [5.74, 6) is -0.910. The lowest BCUT2D eigenvalue weighted by Gasteiger charge is -2.25. The van der Waals surface area contributed by atoms with Gasteiger partial charge in [-0.25, -0.2) is 9.50 Å². The lowest BCUT2D eigenvalue weighted by Crippen LogP contribution is -2.37. The highest BCUT2D eigenvalue weighted by Gasteiger charge is 2.38. The first kappa shape index (κ1) is 18.2. The number of carbonyl (C=O) groups is 1. The molecule has 0 aliphatic heterocycles. The number of carboxylic acid groups (broad SMARTS) is 1. The summed E-state index contributed by atoms with van der Waals surface area (Å²) >= 11 is 5.99. The van der Waals surface area contributed by atoms with Crippen LogP contribution in [-0.2, 0) is 16.6 Å². The maximum atomic E-state index is 12.3. The van der Waals surface area contributed by atoms with Crippen molar-refractivity contribution in [3.63, 3.8) is 0 Å². The van der Waals surface area contributed by atoms with Gasteiger partial charge in [0.1, 0.15) is 5.41 Å². The van der Waals surface area contributed by atoms with E-state index in [1.54, 1.807) is 42.0 Å². The van der Waals surface area contributed by atoms with Gasteiger partial charge in [-0.3, -0.25) is 4.79 Å². The zero-order valence-electron chi connectivity index (χ0n) is 15.2. The van der Waals surface area contributed by atoms with Crippen LogP contribution in [0.1, 0.15) is 18.2 Å². The zero-order valence-corrected chi connectivity index (χ0v) is 16.0. The van der Waals surface area contributed by atoms with Crippen molar-refractivity contribution < 1.29 is 9.90 Å². The Morgan fingerprint density at radius 2 is 1.82 bits per heavy atom. The van der Waals surface area contributed by atoms with Gasteiger partial charge in [0.15, 0.2) is 5.65 Å². The van der Waals surface area contributed by atoms with Gasteiger partial charge in [0.25, 0.3) is 0 Å². The average Bonchev–Trinajstić information content (AvgIpc) is 3.13. The molecule has 1 N–H and O–H groups in total. The number of aliphatic carboxylic acids is 1. The number of carboxylic acids is 1. The van der Waals surface area contributed by atoms with Crippen molar-refractivity contribution in [3.8, 4) is 11.1 Å². The van der Waals surface area contributed by atoms with Gasteiger partial charge in [0.2, 0.25) is 0 Å². The summed E-state index contributed by atoms with van der Waals surface area (Å²) in [5, 5.41) is 15.2. The highest BCUT2D eigenvalue weighted by molar-refractivity contribution is 6.30. The fourth-order valence-electron chi connectivity index (χ4n) is 3.42. The molecule has 0 fully saturated rings. The van der Waals surface area contributed by atoms with E-state index in [1.165, 1.54) is 0 Å². The second-order valence-corrected chi connectivity index (χ2v) is 7.37. The minimum atomic E-state index is -1.16. The lowest BCUT2D eigenvalue weighted by molar-refractivity contribution is -0.143. The minimum Gasteiger partial charge on any atom is -0.481 e. The van der Waals surface area contributed by atoms with Crippen LogP contribution in [0.2, 0.25) is 5.02 Å². The summed E-state index contributed by atoms with van der Waals surface area (Å²) in [4.78, 5) is 16.8. The van der Waals surface area contributed by atoms with Crippen molar-refractivity contribution in [2.75, 3.05) is 0 Å². The van der Waals surface area contributed by atoms with Crippen LogP contribution in [0.15, 0.2) is 73.1 Å². The minimum absolute atomic E-state index is 0.346. The summed E-state index contributed by atoms with van der Waals surface area (Å²) in [5.41, 5.74) is 2.72. The van der Waals surface area contributed by atoms with E-state index in [4.69, 9.17) is 11.6 Å². The van der Waals surface area contributed by atoms with Crippen molar-refractivity contribution in [1.29, 1.82) is 0 Å². The number of fused-ring (bicyclic) bond motifs is 1. The lowest BCUT2D eigenvalue weighted by atomic mass is 9.80. The van der Waals surface area contributed by atoms with Crippen molar-refractivity contribution in [1.82, 2.24) is 14.6 Å². The molecular formula is C22H18ClN3O2. The van der Waals surface area contributed by atoms with E-state index in [-0.39, 0.29) is 0 Å². The van der Waals surface area contributed by atoms with E-state index in [1.807, 2.05) is 42.5 Å². The third-order valence-electron chi connectivity index (χ3n) is 4.99. The van der Waals surface area contributed by atoms with E-state index in [2.05, 4.69) is 10.1 Å². The Labute approximate surface area is 167 Å². The van der Waals surface area contributed by atoms with E-state index < -0.39 is 11.4 Å². The summed E-state index contributed by atoms with van der Waals surface area (Å²) in [6, 6.07) is 18.7. The molecule has 0 radical (unpaired) electrons. The Morgan fingerprint density at radius 3 is 2.50 bits per heavy atom. The third-order valence-corrected chi connectivity index (χ3v) is 5.25. The Bertz CT molecular complexity index is 1140. The van der Waals surface area contributed by atoms with Gasteiger partial charge in [-0.2, -0.15) is 5.10 Å². The van der Waals surface area contributed by atoms with Gasteiger partial charge in [0.05, 0.1) is 11.9 Å². The van der Waals surface area contributed by atoms with E-state index >= 15 is 0 Å². The average molecular weight is 392 g/mol. The molecule has 2 aromatic carbocycles. The molecule has 1 atom stereocenters. The fraction of sp³-hybridized carbons (Fsp3) is 0.136. The van der Waals surface area contributed by atoms with Crippen molar-refractivity contribution in [2.45, 2.75) is 18.8 Å². The summed E-state index contributed by atoms with van der Waals surface area (Å²) in [7, 11) is 0. The van der Waals surface area contributed by atoms with Gasteiger partial charge in [-0.05, 0) is 42.7 Å². The number of halogens is 1. The van der Waals surface area contributed by atoms with Crippen LogP contribution in [0, 0.1) is 0 Å². The monoisotopic (exact) mass is 391 g/mol. The normalized spacial score (nSPS) is 13.4.